The Hall–Kier alpha value is -4.84. The van der Waals surface area contributed by atoms with Crippen LogP contribution in [0, 0.1) is 0 Å². The molecule has 0 radical (unpaired) electrons. The smallest absolute Gasteiger partial charge is 0.310 e. The van der Waals surface area contributed by atoms with Crippen LogP contribution in [0.4, 0.5) is 0 Å². The number of nitrogens with one attached hydrogen (secondary N) is 1. The second-order valence-electron chi connectivity index (χ2n) is 10.1. The second kappa shape index (κ2) is 13.7. The van der Waals surface area contributed by atoms with E-state index in [1.54, 1.807) is 6.92 Å². The number of hydrogen-bond acceptors (Lipinski definition) is 5. The molecule has 4 aromatic carbocycles. The van der Waals surface area contributed by atoms with Crippen LogP contribution < -0.4 is 10.1 Å². The topological polar surface area (TPSA) is 77.8 Å². The van der Waals surface area contributed by atoms with Gasteiger partial charge in [-0.15, -0.1) is 0 Å². The molecule has 0 fully saturated rings. The maximum absolute atomic E-state index is 12.6. The van der Waals surface area contributed by atoms with Gasteiger partial charge in [0.05, 0.1) is 26.0 Å². The summed E-state index contributed by atoms with van der Waals surface area (Å²) in [6, 6.07) is 31.7. The molecule has 42 heavy (non-hydrogen) atoms. The minimum atomic E-state index is -0.283. The number of para-hydroxylation sites is 1. The quantitative estimate of drug-likeness (QED) is 0.163. The van der Waals surface area contributed by atoms with Crippen LogP contribution in [-0.2, 0) is 46.7 Å². The van der Waals surface area contributed by atoms with Gasteiger partial charge in [0.15, 0.2) is 0 Å². The summed E-state index contributed by atoms with van der Waals surface area (Å²) >= 11 is 0. The van der Waals surface area contributed by atoms with E-state index in [9.17, 15) is 9.59 Å². The lowest BCUT2D eigenvalue weighted by Gasteiger charge is -2.13. The maximum atomic E-state index is 12.6. The van der Waals surface area contributed by atoms with Crippen molar-refractivity contribution in [3.63, 3.8) is 0 Å². The number of esters is 1. The zero-order valence-corrected chi connectivity index (χ0v) is 24.0. The minimum Gasteiger partial charge on any atom is -0.489 e. The van der Waals surface area contributed by atoms with Crippen molar-refractivity contribution >= 4 is 22.8 Å². The molecule has 5 aromatic rings. The molecule has 1 aromatic heterocycles. The van der Waals surface area contributed by atoms with Gasteiger partial charge in [-0.25, -0.2) is 0 Å². The Balaban J connectivity index is 1.40. The van der Waals surface area contributed by atoms with Gasteiger partial charge in [-0.05, 0) is 59.9 Å². The summed E-state index contributed by atoms with van der Waals surface area (Å²) < 4.78 is 17.7. The number of benzene rings is 4. The number of amides is 1. The molecule has 0 atom stereocenters. The molecular weight excluding hydrogens is 526 g/mol. The molecule has 0 unspecified atom stereocenters. The van der Waals surface area contributed by atoms with E-state index in [4.69, 9.17) is 13.9 Å². The molecule has 6 nitrogen and oxygen atoms in total. The molecule has 1 heterocycles. The molecule has 0 aliphatic heterocycles. The number of hydrogen-bond donors (Lipinski definition) is 1. The number of aryl methyl sites for hydroxylation is 1. The first-order chi connectivity index (χ1) is 20.5. The second-order valence-corrected chi connectivity index (χ2v) is 10.1. The van der Waals surface area contributed by atoms with Crippen molar-refractivity contribution < 1.29 is 23.5 Å². The van der Waals surface area contributed by atoms with Crippen LogP contribution in [0.1, 0.15) is 41.9 Å². The fourth-order valence-corrected chi connectivity index (χ4v) is 4.96. The first kappa shape index (κ1) is 28.7. The largest absolute Gasteiger partial charge is 0.489 e. The van der Waals surface area contributed by atoms with Gasteiger partial charge in [0, 0.05) is 16.5 Å². The SMILES string of the molecule is CCOC(=O)Cc1ccccc1OCc1cc(-c2cccc(CC)c2)c2oc(CNC(=O)Cc3ccccc3)cc2c1. The minimum absolute atomic E-state index is 0.0619. The van der Waals surface area contributed by atoms with Crippen molar-refractivity contribution in [2.45, 2.75) is 46.3 Å². The van der Waals surface area contributed by atoms with Gasteiger partial charge < -0.3 is 19.2 Å². The van der Waals surface area contributed by atoms with Crippen molar-refractivity contribution in [2.24, 2.45) is 0 Å². The van der Waals surface area contributed by atoms with E-state index < -0.39 is 0 Å². The Morgan fingerprint density at radius 3 is 2.38 bits per heavy atom. The number of fused-ring (bicyclic) bond motifs is 1. The Bertz CT molecular complexity index is 1670. The van der Waals surface area contributed by atoms with Crippen molar-refractivity contribution in [1.29, 1.82) is 0 Å². The van der Waals surface area contributed by atoms with E-state index in [-0.39, 0.29) is 18.3 Å². The third-order valence-electron chi connectivity index (χ3n) is 7.05. The summed E-state index contributed by atoms with van der Waals surface area (Å²) in [5.41, 5.74) is 6.72. The van der Waals surface area contributed by atoms with Crippen LogP contribution >= 0.6 is 0 Å². The van der Waals surface area contributed by atoms with Crippen molar-refractivity contribution in [1.82, 2.24) is 5.32 Å². The molecule has 1 amide bonds. The predicted octanol–water partition coefficient (Wildman–Crippen LogP) is 7.21. The van der Waals surface area contributed by atoms with Gasteiger partial charge in [0.1, 0.15) is 23.7 Å². The third-order valence-corrected chi connectivity index (χ3v) is 7.05. The van der Waals surface area contributed by atoms with Gasteiger partial charge in [-0.2, -0.15) is 0 Å². The van der Waals surface area contributed by atoms with E-state index in [0.717, 1.165) is 45.2 Å². The number of furan rings is 1. The van der Waals surface area contributed by atoms with Gasteiger partial charge >= 0.3 is 5.97 Å². The average molecular weight is 562 g/mol. The van der Waals surface area contributed by atoms with Gasteiger partial charge in [-0.1, -0.05) is 79.7 Å². The van der Waals surface area contributed by atoms with Crippen LogP contribution in [0.2, 0.25) is 0 Å². The lowest BCUT2D eigenvalue weighted by atomic mass is 9.98. The summed E-state index contributed by atoms with van der Waals surface area (Å²) in [5.74, 6) is 0.981. The molecule has 5 rings (SSSR count). The number of ether oxygens (including phenoxy) is 2. The van der Waals surface area contributed by atoms with Crippen LogP contribution in [0.3, 0.4) is 0 Å². The van der Waals surface area contributed by atoms with Crippen LogP contribution in [-0.4, -0.2) is 18.5 Å². The first-order valence-electron chi connectivity index (χ1n) is 14.3. The van der Waals surface area contributed by atoms with Crippen molar-refractivity contribution in [2.75, 3.05) is 6.61 Å². The molecule has 0 bridgehead atoms. The van der Waals surface area contributed by atoms with Crippen molar-refractivity contribution in [3.05, 3.63) is 125 Å². The van der Waals surface area contributed by atoms with E-state index in [0.29, 0.717) is 37.7 Å². The number of carbonyl (C=O) groups is 2. The third kappa shape index (κ3) is 7.26. The van der Waals surface area contributed by atoms with Crippen LogP contribution in [0.5, 0.6) is 5.75 Å². The molecule has 0 saturated carbocycles. The zero-order chi connectivity index (χ0) is 29.3. The Kier molecular flexibility index (Phi) is 9.34. The van der Waals surface area contributed by atoms with Crippen molar-refractivity contribution in [3.8, 4) is 16.9 Å². The lowest BCUT2D eigenvalue weighted by molar-refractivity contribution is -0.142. The molecule has 214 valence electrons. The molecule has 0 aliphatic carbocycles. The summed E-state index contributed by atoms with van der Waals surface area (Å²) in [6.45, 7) is 4.87. The summed E-state index contributed by atoms with van der Waals surface area (Å²) in [6.07, 6.45) is 1.39. The van der Waals surface area contributed by atoms with E-state index in [2.05, 4.69) is 48.6 Å². The molecule has 0 saturated heterocycles. The average Bonchev–Trinajstić information content (AvgIpc) is 3.43. The number of carbonyl (C=O) groups excluding carboxylic acids is 2. The summed E-state index contributed by atoms with van der Waals surface area (Å²) in [5, 5.41) is 3.91. The van der Waals surface area contributed by atoms with Gasteiger partial charge in [0.2, 0.25) is 5.91 Å². The highest BCUT2D eigenvalue weighted by Crippen LogP contribution is 2.34. The molecule has 0 aliphatic rings. The normalized spacial score (nSPS) is 10.9. The monoisotopic (exact) mass is 561 g/mol. The maximum Gasteiger partial charge on any atom is 0.310 e. The fourth-order valence-electron chi connectivity index (χ4n) is 4.96. The van der Waals surface area contributed by atoms with E-state index in [1.165, 1.54) is 5.56 Å². The molecule has 0 spiro atoms. The fraction of sp³-hybridized carbons (Fsp3) is 0.222. The standard InChI is InChI=1S/C36H35NO5/c1-3-25-13-10-15-28(17-25)32-19-27(24-41-33-16-9-8-14-29(33)22-35(39)40-4-2)18-30-21-31(42-36(30)32)23-37-34(38)20-26-11-6-5-7-12-26/h5-19,21H,3-4,20,22-24H2,1-2H3,(H,37,38). The predicted molar refractivity (Wildman–Crippen MR) is 164 cm³/mol. The lowest BCUT2D eigenvalue weighted by Crippen LogP contribution is -2.24. The highest BCUT2D eigenvalue weighted by Gasteiger charge is 2.15. The summed E-state index contributed by atoms with van der Waals surface area (Å²) in [7, 11) is 0. The van der Waals surface area contributed by atoms with E-state index >= 15 is 0 Å². The molecule has 6 heteroatoms. The van der Waals surface area contributed by atoms with Gasteiger partial charge in [-0.3, -0.25) is 9.59 Å². The Labute approximate surface area is 246 Å². The first-order valence-corrected chi connectivity index (χ1v) is 14.3. The van der Waals surface area contributed by atoms with Gasteiger partial charge in [0.25, 0.3) is 0 Å². The highest BCUT2D eigenvalue weighted by molar-refractivity contribution is 5.94. The zero-order valence-electron chi connectivity index (χ0n) is 24.0. The Morgan fingerprint density at radius 2 is 1.57 bits per heavy atom. The van der Waals surface area contributed by atoms with E-state index in [1.807, 2.05) is 60.7 Å². The number of rotatable bonds is 12. The van der Waals surface area contributed by atoms with Crippen LogP contribution in [0.25, 0.3) is 22.1 Å². The summed E-state index contributed by atoms with van der Waals surface area (Å²) in [4.78, 5) is 24.7. The van der Waals surface area contributed by atoms with Crippen LogP contribution in [0.15, 0.2) is 101 Å². The molecule has 1 N–H and O–H groups in total. The molecular formula is C36H35NO5. The highest BCUT2D eigenvalue weighted by atomic mass is 16.5. The Morgan fingerprint density at radius 1 is 0.786 bits per heavy atom.